The topological polar surface area (TPSA) is 38.9 Å². The fraction of sp³-hybridized carbons (Fsp3) is 0.100. The summed E-state index contributed by atoms with van der Waals surface area (Å²) in [6.45, 7) is 0. The molecular weight excluding hydrogens is 180 g/mol. The van der Waals surface area contributed by atoms with Crippen molar-refractivity contribution in [2.75, 3.05) is 5.73 Å². The Labute approximate surface area is 81.1 Å². The van der Waals surface area contributed by atoms with Crippen molar-refractivity contribution in [1.29, 1.82) is 0 Å². The van der Waals surface area contributed by atoms with Crippen LogP contribution in [-0.4, -0.2) is 4.98 Å². The van der Waals surface area contributed by atoms with Crippen LogP contribution >= 0.6 is 11.3 Å². The Morgan fingerprint density at radius 3 is 2.62 bits per heavy atom. The third kappa shape index (κ3) is 1.87. The quantitative estimate of drug-likeness (QED) is 0.789. The van der Waals surface area contributed by atoms with Crippen LogP contribution in [0.1, 0.15) is 11.3 Å². The lowest BCUT2D eigenvalue weighted by Crippen LogP contribution is -1.92. The van der Waals surface area contributed by atoms with Crippen LogP contribution in [0.15, 0.2) is 35.8 Å². The number of rotatable bonds is 2. The van der Waals surface area contributed by atoms with Crippen LogP contribution in [-0.2, 0) is 6.42 Å². The van der Waals surface area contributed by atoms with Crippen LogP contribution in [0.3, 0.4) is 0 Å². The van der Waals surface area contributed by atoms with E-state index in [0.717, 1.165) is 17.1 Å². The largest absolute Gasteiger partial charge is 0.389 e. The monoisotopic (exact) mass is 190 g/mol. The molecule has 0 saturated heterocycles. The number of anilines is 1. The minimum absolute atomic E-state index is 0.823. The van der Waals surface area contributed by atoms with Gasteiger partial charge < -0.3 is 5.73 Å². The van der Waals surface area contributed by atoms with Crippen molar-refractivity contribution in [2.45, 2.75) is 6.42 Å². The van der Waals surface area contributed by atoms with Crippen LogP contribution in [0, 0.1) is 0 Å². The molecule has 66 valence electrons. The average molecular weight is 190 g/mol. The summed E-state index contributed by atoms with van der Waals surface area (Å²) in [7, 11) is 0. The van der Waals surface area contributed by atoms with Gasteiger partial charge >= 0.3 is 0 Å². The molecule has 2 rings (SSSR count). The predicted octanol–water partition coefficient (Wildman–Crippen LogP) is 2.32. The van der Waals surface area contributed by atoms with E-state index in [9.17, 15) is 0 Å². The van der Waals surface area contributed by atoms with Gasteiger partial charge in [0.2, 0.25) is 0 Å². The maximum atomic E-state index is 5.74. The van der Waals surface area contributed by atoms with Gasteiger partial charge in [0.05, 0.1) is 11.2 Å². The SMILES string of the molecule is Nc1scnc1Cc1ccccc1. The van der Waals surface area contributed by atoms with E-state index in [0.29, 0.717) is 0 Å². The smallest absolute Gasteiger partial charge is 0.109 e. The van der Waals surface area contributed by atoms with Gasteiger partial charge in [-0.25, -0.2) is 4.98 Å². The highest BCUT2D eigenvalue weighted by molar-refractivity contribution is 7.13. The molecule has 2 aromatic rings. The molecule has 1 heterocycles. The molecule has 13 heavy (non-hydrogen) atoms. The molecule has 0 aliphatic rings. The summed E-state index contributed by atoms with van der Waals surface area (Å²) < 4.78 is 0. The Hall–Kier alpha value is -1.35. The molecule has 0 saturated carbocycles. The Kier molecular flexibility index (Phi) is 2.27. The van der Waals surface area contributed by atoms with Crippen molar-refractivity contribution >= 4 is 16.3 Å². The molecule has 0 aliphatic carbocycles. The highest BCUT2D eigenvalue weighted by Gasteiger charge is 2.02. The molecular formula is C10H10N2S. The summed E-state index contributed by atoms with van der Waals surface area (Å²) in [5, 5.41) is 0.823. The molecule has 0 atom stereocenters. The molecule has 0 unspecified atom stereocenters. The molecule has 0 aliphatic heterocycles. The van der Waals surface area contributed by atoms with Gasteiger partial charge in [-0.05, 0) is 5.56 Å². The second-order valence-corrected chi connectivity index (χ2v) is 3.71. The number of nitrogens with two attached hydrogens (primary N) is 1. The summed E-state index contributed by atoms with van der Waals surface area (Å²) in [5.74, 6) is 0. The van der Waals surface area contributed by atoms with E-state index < -0.39 is 0 Å². The highest BCUT2D eigenvalue weighted by atomic mass is 32.1. The fourth-order valence-corrected chi connectivity index (χ4v) is 1.75. The predicted molar refractivity (Wildman–Crippen MR) is 55.8 cm³/mol. The normalized spacial score (nSPS) is 10.2. The molecule has 0 radical (unpaired) electrons. The minimum Gasteiger partial charge on any atom is -0.389 e. The number of hydrogen-bond donors (Lipinski definition) is 1. The number of thiazole rings is 1. The zero-order valence-electron chi connectivity index (χ0n) is 7.10. The van der Waals surface area contributed by atoms with Gasteiger partial charge in [0.25, 0.3) is 0 Å². The summed E-state index contributed by atoms with van der Waals surface area (Å²) in [6.07, 6.45) is 0.830. The Bertz CT molecular complexity index is 381. The first kappa shape index (κ1) is 8.26. The Morgan fingerprint density at radius 1 is 1.23 bits per heavy atom. The molecule has 0 amide bonds. The van der Waals surface area contributed by atoms with Gasteiger partial charge in [-0.2, -0.15) is 0 Å². The van der Waals surface area contributed by atoms with Crippen molar-refractivity contribution in [3.63, 3.8) is 0 Å². The number of nitrogens with zero attached hydrogens (tertiary/aromatic N) is 1. The van der Waals surface area contributed by atoms with Gasteiger partial charge in [-0.1, -0.05) is 30.3 Å². The first-order chi connectivity index (χ1) is 6.36. The van der Waals surface area contributed by atoms with Crippen molar-refractivity contribution < 1.29 is 0 Å². The maximum Gasteiger partial charge on any atom is 0.109 e. The van der Waals surface area contributed by atoms with Gasteiger partial charge in [0, 0.05) is 6.42 Å². The van der Waals surface area contributed by atoms with E-state index in [1.807, 2.05) is 18.2 Å². The van der Waals surface area contributed by atoms with E-state index in [4.69, 9.17) is 5.73 Å². The summed E-state index contributed by atoms with van der Waals surface area (Å²) in [5.41, 5.74) is 9.76. The molecule has 2 nitrogen and oxygen atoms in total. The third-order valence-electron chi connectivity index (χ3n) is 1.89. The molecule has 2 N–H and O–H groups in total. The van der Waals surface area contributed by atoms with E-state index in [-0.39, 0.29) is 0 Å². The zero-order valence-corrected chi connectivity index (χ0v) is 7.92. The van der Waals surface area contributed by atoms with Gasteiger partial charge in [-0.15, -0.1) is 11.3 Å². The van der Waals surface area contributed by atoms with Crippen LogP contribution in [0.25, 0.3) is 0 Å². The first-order valence-corrected chi connectivity index (χ1v) is 4.96. The average Bonchev–Trinajstić information content (AvgIpc) is 2.54. The lowest BCUT2D eigenvalue weighted by molar-refractivity contribution is 1.11. The summed E-state index contributed by atoms with van der Waals surface area (Å²) in [6, 6.07) is 10.2. The van der Waals surface area contributed by atoms with Gasteiger partial charge in [0.1, 0.15) is 5.00 Å². The summed E-state index contributed by atoms with van der Waals surface area (Å²) >= 11 is 1.49. The van der Waals surface area contributed by atoms with Crippen molar-refractivity contribution in [3.05, 3.63) is 47.1 Å². The van der Waals surface area contributed by atoms with Crippen molar-refractivity contribution in [2.24, 2.45) is 0 Å². The van der Waals surface area contributed by atoms with E-state index in [2.05, 4.69) is 17.1 Å². The van der Waals surface area contributed by atoms with Crippen LogP contribution in [0.4, 0.5) is 5.00 Å². The Balaban J connectivity index is 2.20. The number of benzene rings is 1. The van der Waals surface area contributed by atoms with Gasteiger partial charge in [-0.3, -0.25) is 0 Å². The lowest BCUT2D eigenvalue weighted by atomic mass is 10.1. The molecule has 0 spiro atoms. The van der Waals surface area contributed by atoms with Crippen LogP contribution in [0.2, 0.25) is 0 Å². The highest BCUT2D eigenvalue weighted by Crippen LogP contribution is 2.18. The Morgan fingerprint density at radius 2 is 2.00 bits per heavy atom. The molecule has 1 aromatic carbocycles. The molecule has 0 bridgehead atoms. The molecule has 0 fully saturated rings. The summed E-state index contributed by atoms with van der Waals surface area (Å²) in [4.78, 5) is 4.20. The molecule has 3 heteroatoms. The van der Waals surface area contributed by atoms with Crippen molar-refractivity contribution in [3.8, 4) is 0 Å². The first-order valence-electron chi connectivity index (χ1n) is 4.08. The maximum absolute atomic E-state index is 5.74. The fourth-order valence-electron chi connectivity index (χ4n) is 1.20. The standard InChI is InChI=1S/C10H10N2S/c11-10-9(12-7-13-10)6-8-4-2-1-3-5-8/h1-5,7H,6,11H2. The van der Waals surface area contributed by atoms with Crippen LogP contribution < -0.4 is 5.73 Å². The zero-order chi connectivity index (χ0) is 9.10. The van der Waals surface area contributed by atoms with Crippen LogP contribution in [0.5, 0.6) is 0 Å². The lowest BCUT2D eigenvalue weighted by Gasteiger charge is -1.97. The number of aromatic nitrogens is 1. The van der Waals surface area contributed by atoms with E-state index in [1.54, 1.807) is 5.51 Å². The van der Waals surface area contributed by atoms with Crippen molar-refractivity contribution in [1.82, 2.24) is 4.98 Å². The second-order valence-electron chi connectivity index (χ2n) is 2.83. The van der Waals surface area contributed by atoms with E-state index >= 15 is 0 Å². The van der Waals surface area contributed by atoms with Gasteiger partial charge in [0.15, 0.2) is 0 Å². The second kappa shape index (κ2) is 3.58. The number of nitrogen functional groups attached to an aromatic ring is 1. The minimum atomic E-state index is 0.823. The third-order valence-corrected chi connectivity index (χ3v) is 2.59. The number of hydrogen-bond acceptors (Lipinski definition) is 3. The molecule has 1 aromatic heterocycles. The van der Waals surface area contributed by atoms with E-state index in [1.165, 1.54) is 16.9 Å².